The fraction of sp³-hybridized carbons (Fsp3) is 0.278. The van der Waals surface area contributed by atoms with Gasteiger partial charge in [0.05, 0.1) is 17.9 Å². The van der Waals surface area contributed by atoms with Gasteiger partial charge in [0, 0.05) is 13.1 Å². The zero-order chi connectivity index (χ0) is 18.7. The van der Waals surface area contributed by atoms with Gasteiger partial charge in [0.15, 0.2) is 5.69 Å². The van der Waals surface area contributed by atoms with Gasteiger partial charge >= 0.3 is 10.2 Å². The summed E-state index contributed by atoms with van der Waals surface area (Å²) in [7, 11) is -2.13. The van der Waals surface area contributed by atoms with Gasteiger partial charge in [-0.2, -0.15) is 12.7 Å². The average Bonchev–Trinajstić information content (AvgIpc) is 2.63. The van der Waals surface area contributed by atoms with Crippen molar-refractivity contribution in [3.63, 3.8) is 0 Å². The van der Waals surface area contributed by atoms with Crippen molar-refractivity contribution in [2.75, 3.05) is 24.4 Å². The van der Waals surface area contributed by atoms with Crippen LogP contribution in [-0.2, 0) is 16.8 Å². The molecule has 0 bridgehead atoms. The number of fused-ring (bicyclic) bond motifs is 1. The molecule has 2 aromatic carbocycles. The second-order valence-corrected chi connectivity index (χ2v) is 7.72. The van der Waals surface area contributed by atoms with Crippen LogP contribution >= 0.6 is 0 Å². The summed E-state index contributed by atoms with van der Waals surface area (Å²) in [5, 5.41) is 2.99. The molecular weight excluding hydrogens is 355 g/mol. The van der Waals surface area contributed by atoms with E-state index in [1.165, 1.54) is 22.5 Å². The first kappa shape index (κ1) is 18.3. The third-order valence-corrected chi connectivity index (χ3v) is 6.04. The Bertz CT molecular complexity index is 956. The molecule has 0 unspecified atom stereocenters. The second kappa shape index (κ2) is 7.41. The van der Waals surface area contributed by atoms with Gasteiger partial charge in [0.1, 0.15) is 5.82 Å². The molecule has 6 nitrogen and oxygen atoms in total. The molecule has 0 saturated heterocycles. The van der Waals surface area contributed by atoms with Crippen molar-refractivity contribution in [3.05, 3.63) is 65.3 Å². The van der Waals surface area contributed by atoms with Gasteiger partial charge in [0.25, 0.3) is 0 Å². The van der Waals surface area contributed by atoms with Crippen molar-refractivity contribution in [1.29, 1.82) is 0 Å². The van der Waals surface area contributed by atoms with Crippen LogP contribution in [0.15, 0.2) is 42.5 Å². The molecule has 0 aromatic heterocycles. The number of para-hydroxylation sites is 1. The van der Waals surface area contributed by atoms with Crippen molar-refractivity contribution in [2.45, 2.75) is 13.0 Å². The molecule has 1 heterocycles. The topological polar surface area (TPSA) is 57.0 Å². The van der Waals surface area contributed by atoms with Crippen LogP contribution < -0.4 is 9.62 Å². The molecule has 8 heteroatoms. The van der Waals surface area contributed by atoms with Crippen LogP contribution in [0, 0.1) is 12.4 Å². The van der Waals surface area contributed by atoms with Crippen LogP contribution in [0.4, 0.5) is 21.5 Å². The molecule has 0 saturated carbocycles. The van der Waals surface area contributed by atoms with Crippen LogP contribution in [-0.4, -0.2) is 32.9 Å². The molecule has 0 radical (unpaired) electrons. The van der Waals surface area contributed by atoms with Crippen LogP contribution in [0.2, 0.25) is 0 Å². The quantitative estimate of drug-likeness (QED) is 0.646. The van der Waals surface area contributed by atoms with Crippen LogP contribution in [0.25, 0.3) is 4.85 Å². The Labute approximate surface area is 152 Å². The smallest absolute Gasteiger partial charge is 0.308 e. The molecule has 0 spiro atoms. The number of anilines is 2. The summed E-state index contributed by atoms with van der Waals surface area (Å²) >= 11 is 0. The average molecular weight is 374 g/mol. The first-order chi connectivity index (χ1) is 12.5. The molecule has 1 aliphatic heterocycles. The lowest BCUT2D eigenvalue weighted by Gasteiger charge is -2.37. The number of benzene rings is 2. The zero-order valence-electron chi connectivity index (χ0n) is 14.3. The summed E-state index contributed by atoms with van der Waals surface area (Å²) in [6.45, 7) is 8.32. The number of hydrogen-bond acceptors (Lipinski definition) is 3. The number of halogens is 1. The van der Waals surface area contributed by atoms with Gasteiger partial charge in [-0.3, -0.25) is 0 Å². The van der Waals surface area contributed by atoms with E-state index in [1.54, 1.807) is 31.3 Å². The maximum absolute atomic E-state index is 14.4. The van der Waals surface area contributed by atoms with E-state index in [4.69, 9.17) is 6.57 Å². The van der Waals surface area contributed by atoms with E-state index in [9.17, 15) is 12.8 Å². The highest BCUT2D eigenvalue weighted by Crippen LogP contribution is 2.40. The predicted octanol–water partition coefficient (Wildman–Crippen LogP) is 3.18. The number of rotatable bonds is 5. The van der Waals surface area contributed by atoms with Gasteiger partial charge in [-0.1, -0.05) is 18.2 Å². The molecule has 136 valence electrons. The lowest BCUT2D eigenvalue weighted by atomic mass is 10.1. The first-order valence-corrected chi connectivity index (χ1v) is 9.58. The van der Waals surface area contributed by atoms with Crippen molar-refractivity contribution >= 4 is 27.3 Å². The van der Waals surface area contributed by atoms with E-state index in [0.717, 1.165) is 4.31 Å². The minimum absolute atomic E-state index is 0.0253. The van der Waals surface area contributed by atoms with Gasteiger partial charge in [-0.05, 0) is 49.8 Å². The highest BCUT2D eigenvalue weighted by atomic mass is 32.2. The standard InChI is InChI=1S/C18H19FN4O2S/c1-20-10-5-11-22-13-14-12-15(21-2)8-9-17(14)23(26(22,24)25)18-7-4-3-6-16(18)19/h3-4,6-9,12,20H,5,10-11,13H2,1H3. The Kier molecular flexibility index (Phi) is 5.23. The third kappa shape index (κ3) is 3.29. The summed E-state index contributed by atoms with van der Waals surface area (Å²) in [5.74, 6) is -0.617. The molecule has 26 heavy (non-hydrogen) atoms. The van der Waals surface area contributed by atoms with E-state index in [2.05, 4.69) is 10.2 Å². The second-order valence-electron chi connectivity index (χ2n) is 5.94. The minimum Gasteiger partial charge on any atom is -0.320 e. The maximum atomic E-state index is 14.4. The lowest BCUT2D eigenvalue weighted by molar-refractivity contribution is 0.392. The monoisotopic (exact) mass is 374 g/mol. The number of nitrogens with one attached hydrogen (secondary N) is 1. The fourth-order valence-electron chi connectivity index (χ4n) is 2.97. The van der Waals surface area contributed by atoms with Crippen LogP contribution in [0.5, 0.6) is 0 Å². The molecule has 1 aliphatic rings. The minimum atomic E-state index is -3.93. The Morgan fingerprint density at radius 1 is 1.23 bits per heavy atom. The first-order valence-electron chi connectivity index (χ1n) is 8.19. The highest BCUT2D eigenvalue weighted by molar-refractivity contribution is 7.90. The van der Waals surface area contributed by atoms with Crippen molar-refractivity contribution < 1.29 is 12.8 Å². The van der Waals surface area contributed by atoms with Crippen LogP contribution in [0.3, 0.4) is 0 Å². The highest BCUT2D eigenvalue weighted by Gasteiger charge is 2.38. The van der Waals surface area contributed by atoms with Crippen LogP contribution in [0.1, 0.15) is 12.0 Å². The molecule has 3 rings (SSSR count). The number of hydrogen-bond donors (Lipinski definition) is 1. The normalized spacial score (nSPS) is 16.1. The Morgan fingerprint density at radius 3 is 2.69 bits per heavy atom. The Hall–Kier alpha value is -2.47. The van der Waals surface area contributed by atoms with Gasteiger partial charge < -0.3 is 5.32 Å². The van der Waals surface area contributed by atoms with E-state index < -0.39 is 16.0 Å². The Balaban J connectivity index is 2.14. The summed E-state index contributed by atoms with van der Waals surface area (Å²) in [6, 6.07) is 10.6. The maximum Gasteiger partial charge on any atom is 0.308 e. The number of nitrogens with zero attached hydrogens (tertiary/aromatic N) is 3. The van der Waals surface area contributed by atoms with Gasteiger partial charge in [-0.15, -0.1) is 0 Å². The van der Waals surface area contributed by atoms with Crippen molar-refractivity contribution in [2.24, 2.45) is 0 Å². The van der Waals surface area contributed by atoms with E-state index in [-0.39, 0.29) is 12.2 Å². The van der Waals surface area contributed by atoms with Gasteiger partial charge in [-0.25, -0.2) is 13.5 Å². The molecule has 2 aromatic rings. The van der Waals surface area contributed by atoms with Crippen molar-refractivity contribution in [1.82, 2.24) is 9.62 Å². The molecule has 0 amide bonds. The molecule has 0 aliphatic carbocycles. The zero-order valence-corrected chi connectivity index (χ0v) is 15.1. The summed E-state index contributed by atoms with van der Waals surface area (Å²) < 4.78 is 43.1. The fourth-order valence-corrected chi connectivity index (χ4v) is 4.69. The van der Waals surface area contributed by atoms with Crippen molar-refractivity contribution in [3.8, 4) is 0 Å². The SMILES string of the molecule is [C-]#[N+]c1ccc2c(c1)CN(CCCNC)S(=O)(=O)N2c1ccccc1F. The van der Waals surface area contributed by atoms with Gasteiger partial charge in [0.2, 0.25) is 0 Å². The Morgan fingerprint density at radius 2 is 2.00 bits per heavy atom. The van der Waals surface area contributed by atoms with E-state index in [0.29, 0.717) is 36.4 Å². The summed E-state index contributed by atoms with van der Waals surface area (Å²) in [5.41, 5.74) is 1.46. The molecule has 0 fully saturated rings. The molecular formula is C18H19FN4O2S. The lowest BCUT2D eigenvalue weighted by Crippen LogP contribution is -2.46. The molecule has 0 atom stereocenters. The van der Waals surface area contributed by atoms with E-state index >= 15 is 0 Å². The largest absolute Gasteiger partial charge is 0.320 e. The molecule has 1 N–H and O–H groups in total. The van der Waals surface area contributed by atoms with E-state index in [1.807, 2.05) is 0 Å². The summed E-state index contributed by atoms with van der Waals surface area (Å²) in [6.07, 6.45) is 0.624. The predicted molar refractivity (Wildman–Crippen MR) is 99.1 cm³/mol. The summed E-state index contributed by atoms with van der Waals surface area (Å²) in [4.78, 5) is 3.41. The third-order valence-electron chi connectivity index (χ3n) is 4.22.